The second kappa shape index (κ2) is 16.3. The van der Waals surface area contributed by atoms with E-state index in [1.54, 1.807) is 0 Å². The van der Waals surface area contributed by atoms with Crippen molar-refractivity contribution in [2.75, 3.05) is 0 Å². The number of benzene rings is 3. The number of aliphatic hydroxyl groups is 1. The molecule has 0 aliphatic carbocycles. The number of hydrogen-bond acceptors (Lipinski definition) is 3. The molecule has 1 aromatic heterocycles. The molecule has 0 bridgehead atoms. The fraction of sp³-hybridized carbons (Fsp3) is 0.436. The van der Waals surface area contributed by atoms with E-state index in [1.807, 2.05) is 40.8 Å². The minimum atomic E-state index is -0.319. The van der Waals surface area contributed by atoms with E-state index in [1.165, 1.54) is 38.7 Å². The normalized spacial score (nSPS) is 12.0. The first-order valence-corrected chi connectivity index (χ1v) is 15.8. The van der Waals surface area contributed by atoms with E-state index in [-0.39, 0.29) is 43.0 Å². The number of ketones is 1. The van der Waals surface area contributed by atoms with Gasteiger partial charge in [-0.3, -0.25) is 4.79 Å². The van der Waals surface area contributed by atoms with Crippen LogP contribution in [-0.4, -0.2) is 15.9 Å². The third kappa shape index (κ3) is 8.64. The number of aromatic nitrogens is 1. The van der Waals surface area contributed by atoms with E-state index in [4.69, 9.17) is 4.98 Å². The van der Waals surface area contributed by atoms with Gasteiger partial charge in [0.1, 0.15) is 0 Å². The van der Waals surface area contributed by atoms with E-state index in [2.05, 4.69) is 88.4 Å². The largest absolute Gasteiger partial charge is 0.512 e. The number of nitrogens with zero attached hydrogens (tertiary/aromatic N) is 1. The summed E-state index contributed by atoms with van der Waals surface area (Å²) in [6.45, 7) is 19.0. The summed E-state index contributed by atoms with van der Waals surface area (Å²) in [6.07, 6.45) is 6.76. The van der Waals surface area contributed by atoms with Gasteiger partial charge in [-0.15, -0.1) is 34.9 Å². The molecule has 0 unspecified atom stereocenters. The zero-order valence-electron chi connectivity index (χ0n) is 27.5. The van der Waals surface area contributed by atoms with Gasteiger partial charge in [-0.05, 0) is 70.8 Å². The average Bonchev–Trinajstić information content (AvgIpc) is 3.00. The van der Waals surface area contributed by atoms with Gasteiger partial charge in [-0.25, -0.2) is 0 Å². The molecule has 1 N–H and O–H groups in total. The maximum atomic E-state index is 12.0. The summed E-state index contributed by atoms with van der Waals surface area (Å²) in [4.78, 5) is 16.8. The Bertz CT molecular complexity index is 1500. The van der Waals surface area contributed by atoms with Crippen molar-refractivity contribution >= 4 is 27.3 Å². The number of aliphatic hydroxyl groups excluding tert-OH is 1. The summed E-state index contributed by atoms with van der Waals surface area (Å²) in [5.74, 6) is 1.37. The van der Waals surface area contributed by atoms with Crippen LogP contribution < -0.4 is 0 Å². The molecule has 1 radical (unpaired) electrons. The molecule has 0 saturated carbocycles. The van der Waals surface area contributed by atoms with Crippen molar-refractivity contribution in [1.82, 2.24) is 4.98 Å². The van der Waals surface area contributed by atoms with Crippen LogP contribution in [0.1, 0.15) is 111 Å². The third-order valence-electron chi connectivity index (χ3n) is 8.96. The minimum Gasteiger partial charge on any atom is -0.512 e. The summed E-state index contributed by atoms with van der Waals surface area (Å²) in [6, 6.07) is 23.2. The van der Waals surface area contributed by atoms with E-state index in [0.717, 1.165) is 36.9 Å². The third-order valence-corrected chi connectivity index (χ3v) is 8.96. The van der Waals surface area contributed by atoms with Crippen LogP contribution in [0.25, 0.3) is 32.8 Å². The number of hydrogen-bond donors (Lipinski definition) is 1. The van der Waals surface area contributed by atoms with Gasteiger partial charge in [0.2, 0.25) is 0 Å². The molecular formula is C39H50IrNO2-. The standard InChI is InChI=1S/C25H24N.C14H26O2.Ir/c1-16(2)19-13-20(17(3)4)15-21(14-19)25-24-10-9-18-7-5-6-8-22(18)23(24)11-12-26-25;1-6-11(7-2)12(15)10-13(16)14(5,8-3)9-4;/h5-14,16-17H,1-4H3;10-11,15H,6-9H2,1-5H3;/q-1;;/b;12-10-;. The van der Waals surface area contributed by atoms with E-state index < -0.39 is 0 Å². The molecule has 0 aliphatic heterocycles. The van der Waals surface area contributed by atoms with Crippen LogP contribution in [0, 0.1) is 17.4 Å². The smallest absolute Gasteiger partial charge is 0.164 e. The molecule has 4 heteroatoms. The first-order valence-electron chi connectivity index (χ1n) is 15.8. The van der Waals surface area contributed by atoms with Crippen molar-refractivity contribution in [3.63, 3.8) is 0 Å². The predicted octanol–water partition coefficient (Wildman–Crippen LogP) is 11.4. The number of rotatable bonds is 10. The molecule has 0 spiro atoms. The number of carbonyl (C=O) groups is 1. The number of pyridine rings is 1. The van der Waals surface area contributed by atoms with Crippen molar-refractivity contribution in [1.29, 1.82) is 0 Å². The molecular weight excluding hydrogens is 707 g/mol. The predicted molar refractivity (Wildman–Crippen MR) is 180 cm³/mol. The van der Waals surface area contributed by atoms with Crippen LogP contribution in [0.3, 0.4) is 0 Å². The summed E-state index contributed by atoms with van der Waals surface area (Å²) in [5, 5.41) is 14.9. The SMILES string of the molecule is CC(C)c1[c-]c(-c2nccc3c2ccc2ccccc23)cc(C(C)C)c1.CCC(CC)/C(O)=C/C(=O)C(C)(CC)CC.[Ir]. The minimum absolute atomic E-state index is 0. The van der Waals surface area contributed by atoms with Gasteiger partial charge >= 0.3 is 0 Å². The van der Waals surface area contributed by atoms with Gasteiger partial charge in [0.15, 0.2) is 5.78 Å². The Labute approximate surface area is 273 Å². The van der Waals surface area contributed by atoms with Gasteiger partial charge in [0, 0.05) is 43.7 Å². The average molecular weight is 757 g/mol. The van der Waals surface area contributed by atoms with Crippen LogP contribution in [0.2, 0.25) is 0 Å². The summed E-state index contributed by atoms with van der Waals surface area (Å²) < 4.78 is 0. The van der Waals surface area contributed by atoms with Gasteiger partial charge in [0.25, 0.3) is 0 Å². The van der Waals surface area contributed by atoms with Crippen molar-refractivity contribution < 1.29 is 30.0 Å². The zero-order chi connectivity index (χ0) is 31.0. The molecule has 3 aromatic carbocycles. The topological polar surface area (TPSA) is 50.2 Å². The van der Waals surface area contributed by atoms with Crippen molar-refractivity contribution in [3.8, 4) is 11.3 Å². The van der Waals surface area contributed by atoms with Gasteiger partial charge in [-0.2, -0.15) is 0 Å². The second-order valence-corrected chi connectivity index (χ2v) is 12.3. The maximum Gasteiger partial charge on any atom is 0.164 e. The monoisotopic (exact) mass is 757 g/mol. The molecule has 1 heterocycles. The van der Waals surface area contributed by atoms with Crippen LogP contribution in [0.15, 0.2) is 72.6 Å². The van der Waals surface area contributed by atoms with Gasteiger partial charge < -0.3 is 10.1 Å². The van der Waals surface area contributed by atoms with E-state index >= 15 is 0 Å². The number of carbonyl (C=O) groups excluding carboxylic acids is 1. The molecule has 233 valence electrons. The molecule has 0 aliphatic rings. The summed E-state index contributed by atoms with van der Waals surface area (Å²) in [5.41, 5.74) is 4.41. The Morgan fingerprint density at radius 1 is 0.884 bits per heavy atom. The summed E-state index contributed by atoms with van der Waals surface area (Å²) in [7, 11) is 0. The number of allylic oxidation sites excluding steroid dienone is 2. The Hall–Kier alpha value is -2.81. The molecule has 4 rings (SSSR count). The van der Waals surface area contributed by atoms with Crippen LogP contribution in [0.4, 0.5) is 0 Å². The van der Waals surface area contributed by atoms with Crippen LogP contribution in [0.5, 0.6) is 0 Å². The Morgan fingerprint density at radius 2 is 1.53 bits per heavy atom. The van der Waals surface area contributed by atoms with E-state index in [0.29, 0.717) is 11.8 Å². The molecule has 43 heavy (non-hydrogen) atoms. The van der Waals surface area contributed by atoms with Crippen molar-refractivity contribution in [2.45, 2.75) is 99.8 Å². The van der Waals surface area contributed by atoms with Crippen molar-refractivity contribution in [2.24, 2.45) is 11.3 Å². The summed E-state index contributed by atoms with van der Waals surface area (Å²) >= 11 is 0. The Balaban J connectivity index is 0.000000332. The quantitative estimate of drug-likeness (QED) is 0.0759. The molecule has 3 nitrogen and oxygen atoms in total. The van der Waals surface area contributed by atoms with Crippen LogP contribution >= 0.6 is 0 Å². The Kier molecular flexibility index (Phi) is 13.8. The fourth-order valence-electron chi connectivity index (χ4n) is 5.27. The second-order valence-electron chi connectivity index (χ2n) is 12.3. The van der Waals surface area contributed by atoms with E-state index in [9.17, 15) is 9.90 Å². The fourth-order valence-corrected chi connectivity index (χ4v) is 5.27. The first kappa shape index (κ1) is 36.4. The van der Waals surface area contributed by atoms with Gasteiger partial charge in [0.05, 0.1) is 5.76 Å². The first-order chi connectivity index (χ1) is 20.0. The molecule has 0 atom stereocenters. The Morgan fingerprint density at radius 3 is 2.12 bits per heavy atom. The molecule has 0 fully saturated rings. The molecule has 0 saturated heterocycles. The molecule has 0 amide bonds. The number of fused-ring (bicyclic) bond motifs is 3. The van der Waals surface area contributed by atoms with Crippen molar-refractivity contribution in [3.05, 3.63) is 89.8 Å². The molecule has 4 aromatic rings. The van der Waals surface area contributed by atoms with Crippen LogP contribution in [-0.2, 0) is 24.9 Å². The zero-order valence-corrected chi connectivity index (χ0v) is 29.9. The maximum absolute atomic E-state index is 12.0. The van der Waals surface area contributed by atoms with Gasteiger partial charge in [-0.1, -0.05) is 98.7 Å².